The van der Waals surface area contributed by atoms with Gasteiger partial charge in [-0.25, -0.2) is 0 Å². The molecule has 2 N–H and O–H groups in total. The number of amides is 1. The highest BCUT2D eigenvalue weighted by Crippen LogP contribution is 2.20. The second kappa shape index (κ2) is 19.3. The van der Waals surface area contributed by atoms with Crippen LogP contribution in [0.4, 0.5) is 0 Å². The van der Waals surface area contributed by atoms with Gasteiger partial charge in [0.2, 0.25) is 5.91 Å². The first-order valence-corrected chi connectivity index (χ1v) is 11.0. The summed E-state index contributed by atoms with van der Waals surface area (Å²) >= 11 is 4.22. The number of hydrogen-bond acceptors (Lipinski definition) is 7. The summed E-state index contributed by atoms with van der Waals surface area (Å²) in [5.74, 6) is 6.17. The van der Waals surface area contributed by atoms with Crippen molar-refractivity contribution in [1.29, 1.82) is 0 Å². The maximum absolute atomic E-state index is 11.5. The highest BCUT2D eigenvalue weighted by atomic mass is 33.1. The molecule has 0 radical (unpaired) electrons. The van der Waals surface area contributed by atoms with E-state index in [1.165, 1.54) is 10.8 Å². The zero-order chi connectivity index (χ0) is 19.5. The Morgan fingerprint density at radius 2 is 1.85 bits per heavy atom. The standard InChI is InChI=1S/C18H34N2O4S2/c1-16(2)6-4-10-20-17(21)8-11-22-12-13-23-14-15-24-18(26-25)7-5-9-19-3/h16,18-19,25H,5,7-15H2,1-3H3,(H,20,21). The van der Waals surface area contributed by atoms with Crippen LogP contribution >= 0.6 is 22.5 Å². The van der Waals surface area contributed by atoms with E-state index in [4.69, 9.17) is 14.2 Å². The van der Waals surface area contributed by atoms with Crippen molar-refractivity contribution in [2.45, 2.75) is 38.5 Å². The summed E-state index contributed by atoms with van der Waals surface area (Å²) in [7, 11) is 3.36. The van der Waals surface area contributed by atoms with Crippen molar-refractivity contribution < 1.29 is 19.0 Å². The quantitative estimate of drug-likeness (QED) is 0.120. The van der Waals surface area contributed by atoms with Crippen LogP contribution < -0.4 is 10.6 Å². The van der Waals surface area contributed by atoms with E-state index >= 15 is 0 Å². The molecule has 0 aromatic rings. The third kappa shape index (κ3) is 18.4. The van der Waals surface area contributed by atoms with E-state index in [0.29, 0.717) is 51.9 Å². The highest BCUT2D eigenvalue weighted by Gasteiger charge is 2.07. The number of thiol groups is 1. The molecule has 0 rings (SSSR count). The number of rotatable bonds is 16. The molecule has 0 aliphatic rings. The molecule has 0 aliphatic carbocycles. The molecule has 26 heavy (non-hydrogen) atoms. The van der Waals surface area contributed by atoms with E-state index in [1.807, 2.05) is 20.9 Å². The number of carbonyl (C=O) groups excluding carboxylic acids is 1. The molecule has 0 saturated heterocycles. The molecule has 8 heteroatoms. The van der Waals surface area contributed by atoms with Gasteiger partial charge in [-0.1, -0.05) is 36.5 Å². The smallest absolute Gasteiger partial charge is 0.223 e. The Morgan fingerprint density at radius 1 is 1.15 bits per heavy atom. The van der Waals surface area contributed by atoms with E-state index in [1.54, 1.807) is 0 Å². The Labute approximate surface area is 167 Å². The lowest BCUT2D eigenvalue weighted by Gasteiger charge is -2.14. The minimum atomic E-state index is -0.0501. The molecule has 0 bridgehead atoms. The summed E-state index contributed by atoms with van der Waals surface area (Å²) in [6.07, 6.45) is 2.35. The normalized spacial score (nSPS) is 11.9. The Kier molecular flexibility index (Phi) is 19.0. The Bertz CT molecular complexity index is 400. The third-order valence-corrected chi connectivity index (χ3v) is 4.44. The second-order valence-corrected chi connectivity index (χ2v) is 7.25. The molecule has 1 unspecified atom stereocenters. The van der Waals surface area contributed by atoms with Gasteiger partial charge in [0.05, 0.1) is 39.6 Å². The maximum Gasteiger partial charge on any atom is 0.223 e. The van der Waals surface area contributed by atoms with Crippen LogP contribution in [0.15, 0.2) is 0 Å². The van der Waals surface area contributed by atoms with E-state index in [9.17, 15) is 4.79 Å². The number of carbonyl (C=O) groups is 1. The molecule has 6 nitrogen and oxygen atoms in total. The van der Waals surface area contributed by atoms with Gasteiger partial charge in [0.1, 0.15) is 5.44 Å². The average molecular weight is 407 g/mol. The molecule has 0 aromatic carbocycles. The van der Waals surface area contributed by atoms with Crippen molar-refractivity contribution >= 4 is 28.4 Å². The van der Waals surface area contributed by atoms with Crippen LogP contribution in [0.2, 0.25) is 0 Å². The molecule has 0 heterocycles. The van der Waals surface area contributed by atoms with Crippen LogP contribution in [0.3, 0.4) is 0 Å². The number of ether oxygens (including phenoxy) is 3. The molecule has 0 spiro atoms. The molecule has 1 amide bonds. The first-order chi connectivity index (χ1) is 12.6. The van der Waals surface area contributed by atoms with Gasteiger partial charge in [0.25, 0.3) is 0 Å². The minimum Gasteiger partial charge on any atom is -0.379 e. The molecule has 152 valence electrons. The van der Waals surface area contributed by atoms with Crippen molar-refractivity contribution in [3.05, 3.63) is 0 Å². The van der Waals surface area contributed by atoms with Crippen LogP contribution in [-0.4, -0.2) is 64.5 Å². The monoisotopic (exact) mass is 406 g/mol. The van der Waals surface area contributed by atoms with Crippen LogP contribution in [0.25, 0.3) is 0 Å². The van der Waals surface area contributed by atoms with Crippen LogP contribution in [0.1, 0.15) is 33.1 Å². The van der Waals surface area contributed by atoms with Crippen molar-refractivity contribution in [3.8, 4) is 11.8 Å². The zero-order valence-corrected chi connectivity index (χ0v) is 17.9. The lowest BCUT2D eigenvalue weighted by molar-refractivity contribution is -0.122. The lowest BCUT2D eigenvalue weighted by Crippen LogP contribution is -2.25. The van der Waals surface area contributed by atoms with Crippen molar-refractivity contribution in [1.82, 2.24) is 10.6 Å². The van der Waals surface area contributed by atoms with Crippen LogP contribution in [0, 0.1) is 17.8 Å². The fourth-order valence-corrected chi connectivity index (χ4v) is 2.75. The van der Waals surface area contributed by atoms with Gasteiger partial charge in [-0.3, -0.25) is 4.79 Å². The van der Waals surface area contributed by atoms with Gasteiger partial charge in [0.15, 0.2) is 0 Å². The molecule has 0 aliphatic heterocycles. The Morgan fingerprint density at radius 3 is 2.50 bits per heavy atom. The Balaban J connectivity index is 3.40. The maximum atomic E-state index is 11.5. The molecule has 1 atom stereocenters. The summed E-state index contributed by atoms with van der Waals surface area (Å²) < 4.78 is 16.5. The average Bonchev–Trinajstić information content (AvgIpc) is 2.62. The summed E-state index contributed by atoms with van der Waals surface area (Å²) in [5.41, 5.74) is 0.0928. The van der Waals surface area contributed by atoms with Crippen molar-refractivity contribution in [2.75, 3.05) is 53.2 Å². The van der Waals surface area contributed by atoms with Crippen LogP contribution in [-0.2, 0) is 19.0 Å². The van der Waals surface area contributed by atoms with Crippen molar-refractivity contribution in [3.63, 3.8) is 0 Å². The predicted molar refractivity (Wildman–Crippen MR) is 111 cm³/mol. The molecule has 0 aromatic heterocycles. The van der Waals surface area contributed by atoms with E-state index in [2.05, 4.69) is 34.1 Å². The summed E-state index contributed by atoms with van der Waals surface area (Å²) in [4.78, 5) is 11.5. The number of hydrogen-bond donors (Lipinski definition) is 3. The number of nitrogens with one attached hydrogen (secondary N) is 2. The van der Waals surface area contributed by atoms with E-state index < -0.39 is 0 Å². The van der Waals surface area contributed by atoms with Crippen LogP contribution in [0.5, 0.6) is 0 Å². The third-order valence-electron chi connectivity index (χ3n) is 3.13. The van der Waals surface area contributed by atoms with Gasteiger partial charge < -0.3 is 24.8 Å². The largest absolute Gasteiger partial charge is 0.379 e. The minimum absolute atomic E-state index is 0.0501. The zero-order valence-electron chi connectivity index (χ0n) is 16.2. The SMILES string of the molecule is CNCCCC(OCCOCCOCCC(=O)NCC#CC(C)C)SS. The predicted octanol–water partition coefficient (Wildman–Crippen LogP) is 2.11. The molecule has 0 fully saturated rings. The molecule has 0 saturated carbocycles. The van der Waals surface area contributed by atoms with Gasteiger partial charge in [0, 0.05) is 12.3 Å². The van der Waals surface area contributed by atoms with Gasteiger partial charge in [-0.2, -0.15) is 0 Å². The second-order valence-electron chi connectivity index (χ2n) is 5.88. The fraction of sp³-hybridized carbons (Fsp3) is 0.833. The first kappa shape index (κ1) is 25.6. The van der Waals surface area contributed by atoms with Gasteiger partial charge in [-0.15, -0.1) is 11.7 Å². The summed E-state index contributed by atoms with van der Waals surface area (Å²) in [6, 6.07) is 0. The summed E-state index contributed by atoms with van der Waals surface area (Å²) in [5, 5.41) is 5.85. The topological polar surface area (TPSA) is 68.8 Å². The van der Waals surface area contributed by atoms with Crippen molar-refractivity contribution in [2.24, 2.45) is 5.92 Å². The summed E-state index contributed by atoms with van der Waals surface area (Å²) in [6.45, 7) is 7.79. The lowest BCUT2D eigenvalue weighted by atomic mass is 10.2. The van der Waals surface area contributed by atoms with Gasteiger partial charge in [-0.05, 0) is 26.4 Å². The van der Waals surface area contributed by atoms with E-state index in [-0.39, 0.29) is 11.3 Å². The first-order valence-electron chi connectivity index (χ1n) is 9.07. The Hall–Kier alpha value is -0.430. The highest BCUT2D eigenvalue weighted by molar-refractivity contribution is 8.68. The molecular weight excluding hydrogens is 372 g/mol. The van der Waals surface area contributed by atoms with E-state index in [0.717, 1.165) is 19.4 Å². The fourth-order valence-electron chi connectivity index (χ4n) is 1.82. The molecular formula is C18H34N2O4S2. The van der Waals surface area contributed by atoms with Gasteiger partial charge >= 0.3 is 0 Å².